The lowest BCUT2D eigenvalue weighted by Crippen LogP contribution is -2.14. The molecule has 0 aliphatic rings. The van der Waals surface area contributed by atoms with Crippen LogP contribution in [0.1, 0.15) is 21.6 Å². The first-order chi connectivity index (χ1) is 13.1. The van der Waals surface area contributed by atoms with Crippen LogP contribution in [0.3, 0.4) is 0 Å². The van der Waals surface area contributed by atoms with E-state index in [4.69, 9.17) is 9.47 Å². The first kappa shape index (κ1) is 19.1. The van der Waals surface area contributed by atoms with E-state index in [-0.39, 0.29) is 5.91 Å². The summed E-state index contributed by atoms with van der Waals surface area (Å²) in [6.07, 6.45) is 0. The van der Waals surface area contributed by atoms with Gasteiger partial charge in [0.25, 0.3) is 5.91 Å². The van der Waals surface area contributed by atoms with Gasteiger partial charge >= 0.3 is 0 Å². The van der Waals surface area contributed by atoms with Crippen molar-refractivity contribution in [1.29, 1.82) is 0 Å². The first-order valence-corrected chi connectivity index (χ1v) is 9.51. The zero-order valence-corrected chi connectivity index (χ0v) is 16.4. The molecule has 1 amide bonds. The second-order valence-electron chi connectivity index (χ2n) is 6.20. The van der Waals surface area contributed by atoms with Gasteiger partial charge in [-0.05, 0) is 31.5 Å². The van der Waals surface area contributed by atoms with E-state index in [2.05, 4.69) is 10.3 Å². The van der Waals surface area contributed by atoms with Crippen LogP contribution in [-0.2, 0) is 4.74 Å². The lowest BCUT2D eigenvalue weighted by Gasteiger charge is -2.12. The Labute approximate surface area is 163 Å². The second-order valence-corrected chi connectivity index (χ2v) is 7.06. The fourth-order valence-electron chi connectivity index (χ4n) is 2.48. The van der Waals surface area contributed by atoms with Crippen LogP contribution < -0.4 is 10.1 Å². The molecule has 1 aromatic heterocycles. The van der Waals surface area contributed by atoms with E-state index in [1.165, 1.54) is 16.9 Å². The molecular formula is C21H22N2O3S. The molecule has 0 aliphatic carbocycles. The molecule has 5 nitrogen and oxygen atoms in total. The highest BCUT2D eigenvalue weighted by Gasteiger charge is 2.14. The number of ether oxygens (including phenoxy) is 2. The molecule has 0 unspecified atom stereocenters. The summed E-state index contributed by atoms with van der Waals surface area (Å²) in [5.74, 6) is 0.361. The van der Waals surface area contributed by atoms with Gasteiger partial charge in [0.2, 0.25) is 0 Å². The molecule has 1 heterocycles. The number of nitrogens with zero attached hydrogens (tertiary/aromatic N) is 1. The van der Waals surface area contributed by atoms with Gasteiger partial charge < -0.3 is 14.8 Å². The van der Waals surface area contributed by atoms with Crippen molar-refractivity contribution in [1.82, 2.24) is 4.98 Å². The number of hydrogen-bond donors (Lipinski definition) is 1. The highest BCUT2D eigenvalue weighted by atomic mass is 32.1. The minimum Gasteiger partial charge on any atom is -0.489 e. The number of nitrogens with one attached hydrogen (secondary N) is 1. The number of methoxy groups -OCH3 is 1. The molecule has 0 radical (unpaired) electrons. The van der Waals surface area contributed by atoms with Crippen molar-refractivity contribution in [3.8, 4) is 16.3 Å². The summed E-state index contributed by atoms with van der Waals surface area (Å²) in [6, 6.07) is 13.7. The SMILES string of the molecule is COCCOc1cc(C)ccc1NC(=O)c1csc(-c2ccc(C)cc2)n1. The number of anilines is 1. The quantitative estimate of drug-likeness (QED) is 0.602. The molecule has 3 rings (SSSR count). The van der Waals surface area contributed by atoms with Crippen LogP contribution in [-0.4, -0.2) is 31.2 Å². The smallest absolute Gasteiger partial charge is 0.275 e. The molecule has 140 valence electrons. The van der Waals surface area contributed by atoms with Gasteiger partial charge in [0.05, 0.1) is 12.3 Å². The van der Waals surface area contributed by atoms with E-state index in [0.29, 0.717) is 30.3 Å². The Hall–Kier alpha value is -2.70. The van der Waals surface area contributed by atoms with Crippen LogP contribution >= 0.6 is 11.3 Å². The maximum absolute atomic E-state index is 12.6. The number of amides is 1. The van der Waals surface area contributed by atoms with Gasteiger partial charge in [-0.1, -0.05) is 35.9 Å². The number of carbonyl (C=O) groups excluding carboxylic acids is 1. The molecule has 2 aromatic carbocycles. The third-order valence-electron chi connectivity index (χ3n) is 3.97. The zero-order valence-electron chi connectivity index (χ0n) is 15.6. The predicted octanol–water partition coefficient (Wildman–Crippen LogP) is 4.70. The van der Waals surface area contributed by atoms with Crippen molar-refractivity contribution in [2.24, 2.45) is 0 Å². The van der Waals surface area contributed by atoms with Crippen molar-refractivity contribution in [2.45, 2.75) is 13.8 Å². The Morgan fingerprint density at radius 3 is 2.56 bits per heavy atom. The maximum atomic E-state index is 12.6. The Morgan fingerprint density at radius 2 is 1.81 bits per heavy atom. The topological polar surface area (TPSA) is 60.5 Å². The van der Waals surface area contributed by atoms with Gasteiger partial charge in [-0.2, -0.15) is 0 Å². The summed E-state index contributed by atoms with van der Waals surface area (Å²) in [7, 11) is 1.62. The number of aromatic nitrogens is 1. The molecule has 6 heteroatoms. The summed E-state index contributed by atoms with van der Waals surface area (Å²) in [4.78, 5) is 17.1. The van der Waals surface area contributed by atoms with Crippen LogP contribution in [0.25, 0.3) is 10.6 Å². The molecule has 0 atom stereocenters. The van der Waals surface area contributed by atoms with Gasteiger partial charge in [0.1, 0.15) is 23.1 Å². The van der Waals surface area contributed by atoms with Crippen LogP contribution in [0, 0.1) is 13.8 Å². The van der Waals surface area contributed by atoms with Crippen molar-refractivity contribution in [3.05, 3.63) is 64.7 Å². The fraction of sp³-hybridized carbons (Fsp3) is 0.238. The Bertz CT molecular complexity index is 919. The summed E-state index contributed by atoms with van der Waals surface area (Å²) < 4.78 is 10.7. The first-order valence-electron chi connectivity index (χ1n) is 8.63. The number of carbonyl (C=O) groups is 1. The van der Waals surface area contributed by atoms with Gasteiger partial charge in [0, 0.05) is 18.1 Å². The summed E-state index contributed by atoms with van der Waals surface area (Å²) in [5, 5.41) is 5.48. The standard InChI is InChI=1S/C21H22N2O3S/c1-14-4-7-16(8-5-14)21-23-18(13-27-21)20(24)22-17-9-6-15(2)12-19(17)26-11-10-25-3/h4-9,12-13H,10-11H2,1-3H3,(H,22,24). The highest BCUT2D eigenvalue weighted by molar-refractivity contribution is 7.13. The third kappa shape index (κ3) is 4.93. The van der Waals surface area contributed by atoms with Crippen molar-refractivity contribution >= 4 is 22.9 Å². The molecule has 1 N–H and O–H groups in total. The number of thiazole rings is 1. The molecule has 0 saturated carbocycles. The molecule has 0 aliphatic heterocycles. The minimum absolute atomic E-state index is 0.259. The largest absolute Gasteiger partial charge is 0.489 e. The number of benzene rings is 2. The van der Waals surface area contributed by atoms with Gasteiger partial charge in [-0.25, -0.2) is 4.98 Å². The normalized spacial score (nSPS) is 10.6. The molecule has 0 bridgehead atoms. The van der Waals surface area contributed by atoms with Crippen LogP contribution in [0.5, 0.6) is 5.75 Å². The van der Waals surface area contributed by atoms with Crippen molar-refractivity contribution in [3.63, 3.8) is 0 Å². The number of aryl methyl sites for hydroxylation is 2. The van der Waals surface area contributed by atoms with Crippen LogP contribution in [0.15, 0.2) is 47.8 Å². The van der Waals surface area contributed by atoms with E-state index < -0.39 is 0 Å². The van der Waals surface area contributed by atoms with E-state index >= 15 is 0 Å². The van der Waals surface area contributed by atoms with Crippen molar-refractivity contribution < 1.29 is 14.3 Å². The summed E-state index contributed by atoms with van der Waals surface area (Å²) in [6.45, 7) is 4.91. The van der Waals surface area contributed by atoms with E-state index in [1.54, 1.807) is 12.5 Å². The Kier molecular flexibility index (Phi) is 6.21. The van der Waals surface area contributed by atoms with Gasteiger partial charge in [-0.15, -0.1) is 11.3 Å². The summed E-state index contributed by atoms with van der Waals surface area (Å²) in [5.41, 5.74) is 4.25. The maximum Gasteiger partial charge on any atom is 0.275 e. The number of hydrogen-bond acceptors (Lipinski definition) is 5. The minimum atomic E-state index is -0.259. The number of rotatable bonds is 7. The van der Waals surface area contributed by atoms with E-state index in [1.807, 2.05) is 56.3 Å². The average Bonchev–Trinajstić information content (AvgIpc) is 3.15. The molecule has 27 heavy (non-hydrogen) atoms. The molecule has 0 fully saturated rings. The Morgan fingerprint density at radius 1 is 1.07 bits per heavy atom. The summed E-state index contributed by atoms with van der Waals surface area (Å²) >= 11 is 1.45. The van der Waals surface area contributed by atoms with Crippen LogP contribution in [0.2, 0.25) is 0 Å². The third-order valence-corrected chi connectivity index (χ3v) is 4.86. The lowest BCUT2D eigenvalue weighted by atomic mass is 10.2. The zero-order chi connectivity index (χ0) is 19.2. The van der Waals surface area contributed by atoms with Crippen LogP contribution in [0.4, 0.5) is 5.69 Å². The fourth-order valence-corrected chi connectivity index (χ4v) is 3.29. The van der Waals surface area contributed by atoms with Crippen molar-refractivity contribution in [2.75, 3.05) is 25.6 Å². The van der Waals surface area contributed by atoms with E-state index in [9.17, 15) is 4.79 Å². The second kappa shape index (κ2) is 8.79. The molecular weight excluding hydrogens is 360 g/mol. The van der Waals surface area contributed by atoms with E-state index in [0.717, 1.165) is 16.1 Å². The molecule has 0 saturated heterocycles. The molecule has 3 aromatic rings. The Balaban J connectivity index is 1.75. The lowest BCUT2D eigenvalue weighted by molar-refractivity contribution is 0.102. The monoisotopic (exact) mass is 382 g/mol. The predicted molar refractivity (Wildman–Crippen MR) is 109 cm³/mol. The average molecular weight is 382 g/mol. The highest BCUT2D eigenvalue weighted by Crippen LogP contribution is 2.28. The van der Waals surface area contributed by atoms with Gasteiger partial charge in [-0.3, -0.25) is 4.79 Å². The molecule has 0 spiro atoms. The van der Waals surface area contributed by atoms with Gasteiger partial charge in [0.15, 0.2) is 0 Å².